The van der Waals surface area contributed by atoms with Crippen LogP contribution in [0, 0.1) is 0 Å². The first-order valence-corrected chi connectivity index (χ1v) is 6.93. The zero-order valence-electron chi connectivity index (χ0n) is 12.3. The summed E-state index contributed by atoms with van der Waals surface area (Å²) in [4.78, 5) is 14.0. The molecule has 2 rings (SSSR count). The van der Waals surface area contributed by atoms with Crippen molar-refractivity contribution in [1.29, 1.82) is 0 Å². The molecule has 1 amide bonds. The van der Waals surface area contributed by atoms with Gasteiger partial charge in [-0.3, -0.25) is 9.69 Å². The second-order valence-corrected chi connectivity index (χ2v) is 4.99. The molecule has 0 atom stereocenters. The maximum absolute atomic E-state index is 12.0. The van der Waals surface area contributed by atoms with Gasteiger partial charge in [-0.05, 0) is 30.3 Å². The van der Waals surface area contributed by atoms with E-state index in [1.165, 1.54) is 5.56 Å². The molecule has 0 heterocycles. The van der Waals surface area contributed by atoms with Crippen LogP contribution in [-0.4, -0.2) is 24.4 Å². The summed E-state index contributed by atoms with van der Waals surface area (Å²) in [5.41, 5.74) is 3.10. The van der Waals surface area contributed by atoms with E-state index < -0.39 is 0 Å². The predicted molar refractivity (Wildman–Crippen MR) is 87.9 cm³/mol. The highest BCUT2D eigenvalue weighted by atomic mass is 16.2. The number of anilines is 1. The summed E-state index contributed by atoms with van der Waals surface area (Å²) < 4.78 is 0. The lowest BCUT2D eigenvalue weighted by atomic mass is 10.1. The Bertz CT molecular complexity index is 608. The highest BCUT2D eigenvalue weighted by Gasteiger charge is 2.08. The zero-order chi connectivity index (χ0) is 15.1. The number of hydrogen-bond donors (Lipinski definition) is 1. The smallest absolute Gasteiger partial charge is 0.238 e. The molecule has 2 aromatic rings. The van der Waals surface area contributed by atoms with Crippen molar-refractivity contribution in [2.75, 3.05) is 18.9 Å². The second kappa shape index (κ2) is 7.41. The minimum Gasteiger partial charge on any atom is -0.325 e. The van der Waals surface area contributed by atoms with E-state index in [9.17, 15) is 4.79 Å². The van der Waals surface area contributed by atoms with Gasteiger partial charge in [0.1, 0.15) is 0 Å². The Morgan fingerprint density at radius 1 is 1.14 bits per heavy atom. The molecule has 0 aliphatic rings. The van der Waals surface area contributed by atoms with Crippen molar-refractivity contribution in [3.63, 3.8) is 0 Å². The van der Waals surface area contributed by atoms with Crippen LogP contribution in [0.4, 0.5) is 5.69 Å². The third kappa shape index (κ3) is 4.58. The molecule has 0 saturated carbocycles. The number of rotatable bonds is 6. The number of benzene rings is 2. The molecule has 21 heavy (non-hydrogen) atoms. The molecule has 0 aromatic heterocycles. The van der Waals surface area contributed by atoms with Gasteiger partial charge in [0, 0.05) is 12.2 Å². The zero-order valence-corrected chi connectivity index (χ0v) is 12.3. The van der Waals surface area contributed by atoms with Gasteiger partial charge in [-0.1, -0.05) is 55.1 Å². The Balaban J connectivity index is 1.91. The van der Waals surface area contributed by atoms with E-state index in [1.54, 1.807) is 0 Å². The van der Waals surface area contributed by atoms with Crippen LogP contribution in [0.2, 0.25) is 0 Å². The molecule has 0 aliphatic heterocycles. The van der Waals surface area contributed by atoms with Gasteiger partial charge in [0.05, 0.1) is 6.54 Å². The minimum absolute atomic E-state index is 0.0141. The minimum atomic E-state index is -0.0141. The number of amides is 1. The monoisotopic (exact) mass is 280 g/mol. The molecular formula is C18H20N2O. The lowest BCUT2D eigenvalue weighted by Crippen LogP contribution is -2.30. The summed E-state index contributed by atoms with van der Waals surface area (Å²) >= 11 is 0. The van der Waals surface area contributed by atoms with Gasteiger partial charge in [0.15, 0.2) is 0 Å². The predicted octanol–water partition coefficient (Wildman–Crippen LogP) is 3.40. The van der Waals surface area contributed by atoms with Gasteiger partial charge < -0.3 is 5.32 Å². The largest absolute Gasteiger partial charge is 0.325 e. The normalized spacial score (nSPS) is 10.4. The average molecular weight is 280 g/mol. The van der Waals surface area contributed by atoms with Gasteiger partial charge in [0.2, 0.25) is 5.91 Å². The Morgan fingerprint density at radius 3 is 2.52 bits per heavy atom. The van der Waals surface area contributed by atoms with E-state index >= 15 is 0 Å². The van der Waals surface area contributed by atoms with Gasteiger partial charge in [-0.25, -0.2) is 0 Å². The Kier molecular flexibility index (Phi) is 5.29. The van der Waals surface area contributed by atoms with Crippen LogP contribution < -0.4 is 5.32 Å². The Labute approximate surface area is 125 Å². The van der Waals surface area contributed by atoms with Gasteiger partial charge in [0.25, 0.3) is 0 Å². The fourth-order valence-corrected chi connectivity index (χ4v) is 2.19. The van der Waals surface area contributed by atoms with Crippen molar-refractivity contribution in [2.24, 2.45) is 0 Å². The van der Waals surface area contributed by atoms with E-state index in [-0.39, 0.29) is 5.91 Å². The molecule has 0 fully saturated rings. The van der Waals surface area contributed by atoms with Crippen LogP contribution in [0.1, 0.15) is 11.1 Å². The van der Waals surface area contributed by atoms with Crippen molar-refractivity contribution in [2.45, 2.75) is 6.54 Å². The molecule has 0 unspecified atom stereocenters. The molecule has 1 N–H and O–H groups in total. The number of nitrogens with one attached hydrogen (secondary N) is 1. The quantitative estimate of drug-likeness (QED) is 0.879. The molecule has 0 saturated heterocycles. The summed E-state index contributed by atoms with van der Waals surface area (Å²) in [6.07, 6.45) is 1.84. The van der Waals surface area contributed by atoms with E-state index in [1.807, 2.05) is 66.6 Å². The van der Waals surface area contributed by atoms with Crippen molar-refractivity contribution < 1.29 is 4.79 Å². The number of carbonyl (C=O) groups excluding carboxylic acids is 1. The molecular weight excluding hydrogens is 260 g/mol. The number of likely N-dealkylation sites (N-methyl/N-ethyl adjacent to an activating group) is 1. The Morgan fingerprint density at radius 2 is 1.81 bits per heavy atom. The third-order valence-corrected chi connectivity index (χ3v) is 3.19. The number of nitrogens with zero attached hydrogens (tertiary/aromatic N) is 1. The lowest BCUT2D eigenvalue weighted by molar-refractivity contribution is -0.117. The third-order valence-electron chi connectivity index (χ3n) is 3.19. The molecule has 0 spiro atoms. The van der Waals surface area contributed by atoms with Crippen LogP contribution in [0.25, 0.3) is 6.08 Å². The summed E-state index contributed by atoms with van der Waals surface area (Å²) in [6, 6.07) is 17.6. The van der Waals surface area contributed by atoms with Crippen molar-refractivity contribution in [1.82, 2.24) is 4.90 Å². The van der Waals surface area contributed by atoms with Crippen molar-refractivity contribution in [3.05, 3.63) is 72.3 Å². The number of carbonyl (C=O) groups is 1. The highest BCUT2D eigenvalue weighted by molar-refractivity contribution is 5.92. The molecule has 0 bridgehead atoms. The highest BCUT2D eigenvalue weighted by Crippen LogP contribution is 2.12. The van der Waals surface area contributed by atoms with Crippen LogP contribution in [0.5, 0.6) is 0 Å². The standard InChI is InChI=1S/C18H20N2O/c1-3-15-9-7-8-10-16(15)13-20(2)14-18(21)19-17-11-5-4-6-12-17/h3-12H,1,13-14H2,2H3,(H,19,21). The SMILES string of the molecule is C=Cc1ccccc1CN(C)CC(=O)Nc1ccccc1. The van der Waals surface area contributed by atoms with Crippen molar-refractivity contribution >= 4 is 17.7 Å². The topological polar surface area (TPSA) is 32.3 Å². The van der Waals surface area contributed by atoms with E-state index in [4.69, 9.17) is 0 Å². The van der Waals surface area contributed by atoms with Gasteiger partial charge in [-0.2, -0.15) is 0 Å². The second-order valence-electron chi connectivity index (χ2n) is 4.99. The van der Waals surface area contributed by atoms with Gasteiger partial charge in [-0.15, -0.1) is 0 Å². The molecule has 0 aliphatic carbocycles. The first-order chi connectivity index (χ1) is 10.2. The average Bonchev–Trinajstić information content (AvgIpc) is 2.48. The fraction of sp³-hybridized carbons (Fsp3) is 0.167. The lowest BCUT2D eigenvalue weighted by Gasteiger charge is -2.17. The van der Waals surface area contributed by atoms with Crippen LogP contribution in [0.3, 0.4) is 0 Å². The molecule has 3 heteroatoms. The number of hydrogen-bond acceptors (Lipinski definition) is 2. The first-order valence-electron chi connectivity index (χ1n) is 6.93. The molecule has 0 radical (unpaired) electrons. The van der Waals surface area contributed by atoms with E-state index in [0.29, 0.717) is 13.1 Å². The molecule has 3 nitrogen and oxygen atoms in total. The van der Waals surface area contributed by atoms with Gasteiger partial charge >= 0.3 is 0 Å². The fourth-order valence-electron chi connectivity index (χ4n) is 2.19. The van der Waals surface area contributed by atoms with Crippen LogP contribution >= 0.6 is 0 Å². The van der Waals surface area contributed by atoms with E-state index in [2.05, 4.69) is 18.0 Å². The van der Waals surface area contributed by atoms with Crippen LogP contribution in [-0.2, 0) is 11.3 Å². The summed E-state index contributed by atoms with van der Waals surface area (Å²) in [6.45, 7) is 4.88. The maximum atomic E-state index is 12.0. The summed E-state index contributed by atoms with van der Waals surface area (Å²) in [5, 5.41) is 2.89. The summed E-state index contributed by atoms with van der Waals surface area (Å²) in [5.74, 6) is -0.0141. The maximum Gasteiger partial charge on any atom is 0.238 e. The first kappa shape index (κ1) is 15.0. The van der Waals surface area contributed by atoms with Crippen molar-refractivity contribution in [3.8, 4) is 0 Å². The molecule has 2 aromatic carbocycles. The number of para-hydroxylation sites is 1. The molecule has 108 valence electrons. The Hall–Kier alpha value is -2.39. The summed E-state index contributed by atoms with van der Waals surface area (Å²) in [7, 11) is 1.93. The van der Waals surface area contributed by atoms with Crippen LogP contribution in [0.15, 0.2) is 61.2 Å². The van der Waals surface area contributed by atoms with E-state index in [0.717, 1.165) is 11.3 Å².